The molecule has 0 bridgehead atoms. The van der Waals surface area contributed by atoms with Crippen LogP contribution < -0.4 is 10.6 Å². The molecule has 0 heterocycles. The van der Waals surface area contributed by atoms with E-state index in [4.69, 9.17) is 4.74 Å². The van der Waals surface area contributed by atoms with Crippen LogP contribution in [0.15, 0.2) is 48.5 Å². The Bertz CT molecular complexity index is 680. The number of nitrogens with one attached hydrogen (secondary N) is 2. The fourth-order valence-electron chi connectivity index (χ4n) is 3.16. The molecule has 1 fully saturated rings. The van der Waals surface area contributed by atoms with Gasteiger partial charge in [0, 0.05) is 11.7 Å². The third-order valence-corrected chi connectivity index (χ3v) is 4.46. The predicted molar refractivity (Wildman–Crippen MR) is 121 cm³/mol. The van der Waals surface area contributed by atoms with Crippen molar-refractivity contribution in [3.8, 4) is 0 Å². The molecule has 2 aromatic carbocycles. The highest BCUT2D eigenvalue weighted by Gasteiger charge is 2.16. The first-order chi connectivity index (χ1) is 13.8. The maximum absolute atomic E-state index is 11.8. The number of ether oxygens (including phenoxy) is 1. The van der Waals surface area contributed by atoms with Crippen molar-refractivity contribution < 1.29 is 9.53 Å². The van der Waals surface area contributed by atoms with Gasteiger partial charge in [-0.25, -0.2) is 4.79 Å². The summed E-state index contributed by atoms with van der Waals surface area (Å²) in [6, 6.07) is 16.1. The first kappa shape index (κ1) is 23.5. The molecule has 2 aromatic rings. The highest BCUT2D eigenvalue weighted by Crippen LogP contribution is 2.30. The van der Waals surface area contributed by atoms with Crippen LogP contribution in [-0.4, -0.2) is 19.1 Å². The Morgan fingerprint density at radius 1 is 0.893 bits per heavy atom. The molecule has 0 atom stereocenters. The van der Waals surface area contributed by atoms with Crippen LogP contribution in [0.1, 0.15) is 70.2 Å². The summed E-state index contributed by atoms with van der Waals surface area (Å²) in [5.41, 5.74) is 3.46. The summed E-state index contributed by atoms with van der Waals surface area (Å²) in [7, 11) is 1.40. The summed E-state index contributed by atoms with van der Waals surface area (Å²) >= 11 is 0. The molecular weight excluding hydrogens is 348 g/mol. The van der Waals surface area contributed by atoms with E-state index in [1.54, 1.807) is 0 Å². The Morgan fingerprint density at radius 2 is 1.54 bits per heavy atom. The largest absolute Gasteiger partial charge is 0.465 e. The lowest BCUT2D eigenvalue weighted by molar-refractivity contribution is 0.0601. The lowest BCUT2D eigenvalue weighted by atomic mass is 9.95. The second kappa shape index (κ2) is 13.6. The Hall–Kier alpha value is -2.49. The minimum Gasteiger partial charge on any atom is -0.465 e. The molecule has 0 spiro atoms. The van der Waals surface area contributed by atoms with Gasteiger partial charge in [-0.05, 0) is 43.2 Å². The Morgan fingerprint density at radius 3 is 2.14 bits per heavy atom. The maximum atomic E-state index is 11.8. The van der Waals surface area contributed by atoms with Gasteiger partial charge in [-0.1, -0.05) is 65.2 Å². The Kier molecular flexibility index (Phi) is 11.5. The van der Waals surface area contributed by atoms with Gasteiger partial charge in [-0.15, -0.1) is 0 Å². The number of para-hydroxylation sites is 1. The van der Waals surface area contributed by atoms with Gasteiger partial charge in [-0.3, -0.25) is 0 Å². The predicted octanol–water partition coefficient (Wildman–Crippen LogP) is 7.01. The third-order valence-electron chi connectivity index (χ3n) is 4.46. The number of rotatable bonds is 5. The van der Waals surface area contributed by atoms with Crippen molar-refractivity contribution in [3.05, 3.63) is 54.1 Å². The molecule has 1 saturated carbocycles. The Balaban J connectivity index is 0.000000921. The number of anilines is 3. The fraction of sp³-hybridized carbons (Fsp3) is 0.458. The van der Waals surface area contributed by atoms with Crippen molar-refractivity contribution in [2.75, 3.05) is 17.7 Å². The lowest BCUT2D eigenvalue weighted by Crippen LogP contribution is -2.22. The summed E-state index contributed by atoms with van der Waals surface area (Å²) in [5.74, 6) is -0.324. The van der Waals surface area contributed by atoms with Crippen LogP contribution in [0.3, 0.4) is 0 Å². The standard InChI is InChI=1S/C20H24N2O2.2C2H6/c1-24-20(23)15-12-13-18(21-16-8-4-2-5-9-16)19(14-15)22-17-10-6-3-7-11-17;2*1-2/h3,6-7,10-14,16,21-22H,2,4-5,8-9H2,1H3;2*1-2H3. The normalized spacial score (nSPS) is 13.2. The summed E-state index contributed by atoms with van der Waals surface area (Å²) < 4.78 is 4.84. The quantitative estimate of drug-likeness (QED) is 0.544. The summed E-state index contributed by atoms with van der Waals surface area (Å²) in [6.45, 7) is 8.00. The van der Waals surface area contributed by atoms with Gasteiger partial charge < -0.3 is 15.4 Å². The first-order valence-corrected chi connectivity index (χ1v) is 10.6. The maximum Gasteiger partial charge on any atom is 0.337 e. The fourth-order valence-corrected chi connectivity index (χ4v) is 3.16. The average molecular weight is 385 g/mol. The molecule has 0 unspecified atom stereocenters. The molecule has 1 aliphatic rings. The van der Waals surface area contributed by atoms with Gasteiger partial charge in [0.05, 0.1) is 24.0 Å². The number of carbonyl (C=O) groups is 1. The molecule has 154 valence electrons. The monoisotopic (exact) mass is 384 g/mol. The third kappa shape index (κ3) is 7.26. The average Bonchev–Trinajstić information content (AvgIpc) is 2.78. The van der Waals surface area contributed by atoms with E-state index in [2.05, 4.69) is 10.6 Å². The van der Waals surface area contributed by atoms with E-state index in [9.17, 15) is 4.79 Å². The summed E-state index contributed by atoms with van der Waals surface area (Å²) in [5, 5.41) is 7.05. The van der Waals surface area contributed by atoms with Crippen molar-refractivity contribution in [3.63, 3.8) is 0 Å². The number of benzene rings is 2. The summed E-state index contributed by atoms with van der Waals surface area (Å²) in [6.07, 6.45) is 6.28. The van der Waals surface area contributed by atoms with Crippen LogP contribution in [0.25, 0.3) is 0 Å². The molecule has 4 heteroatoms. The van der Waals surface area contributed by atoms with E-state index in [-0.39, 0.29) is 5.97 Å². The zero-order chi connectivity index (χ0) is 20.8. The molecule has 1 aliphatic carbocycles. The molecule has 4 nitrogen and oxygen atoms in total. The van der Waals surface area contributed by atoms with E-state index in [0.29, 0.717) is 11.6 Å². The lowest BCUT2D eigenvalue weighted by Gasteiger charge is -2.25. The van der Waals surface area contributed by atoms with Crippen molar-refractivity contribution in [1.82, 2.24) is 0 Å². The number of hydrogen-bond acceptors (Lipinski definition) is 4. The summed E-state index contributed by atoms with van der Waals surface area (Å²) in [4.78, 5) is 11.8. The van der Waals surface area contributed by atoms with Gasteiger partial charge >= 0.3 is 5.97 Å². The van der Waals surface area contributed by atoms with Gasteiger partial charge in [-0.2, -0.15) is 0 Å². The smallest absolute Gasteiger partial charge is 0.337 e. The van der Waals surface area contributed by atoms with Crippen molar-refractivity contribution in [2.24, 2.45) is 0 Å². The van der Waals surface area contributed by atoms with E-state index in [1.807, 2.05) is 76.2 Å². The molecule has 0 aliphatic heterocycles. The minimum atomic E-state index is -0.324. The number of methoxy groups -OCH3 is 1. The van der Waals surface area contributed by atoms with Crippen molar-refractivity contribution in [1.29, 1.82) is 0 Å². The van der Waals surface area contributed by atoms with E-state index in [1.165, 1.54) is 39.2 Å². The van der Waals surface area contributed by atoms with Crippen molar-refractivity contribution >= 4 is 23.0 Å². The number of esters is 1. The molecule has 0 amide bonds. The zero-order valence-electron chi connectivity index (χ0n) is 18.0. The van der Waals surface area contributed by atoms with E-state index in [0.717, 1.165) is 17.1 Å². The molecule has 0 radical (unpaired) electrons. The second-order valence-corrected chi connectivity index (χ2v) is 6.22. The van der Waals surface area contributed by atoms with Crippen LogP contribution in [0.2, 0.25) is 0 Å². The minimum absolute atomic E-state index is 0.324. The van der Waals surface area contributed by atoms with Crippen LogP contribution in [0.5, 0.6) is 0 Å². The molecule has 28 heavy (non-hydrogen) atoms. The van der Waals surface area contributed by atoms with E-state index >= 15 is 0 Å². The van der Waals surface area contributed by atoms with Crippen molar-refractivity contribution in [2.45, 2.75) is 65.8 Å². The van der Waals surface area contributed by atoms with Gasteiger partial charge in [0.15, 0.2) is 0 Å². The number of carbonyl (C=O) groups excluding carboxylic acids is 1. The highest BCUT2D eigenvalue weighted by atomic mass is 16.5. The molecular formula is C24H36N2O2. The molecule has 0 aromatic heterocycles. The topological polar surface area (TPSA) is 50.4 Å². The molecule has 3 rings (SSSR count). The van der Waals surface area contributed by atoms with Gasteiger partial charge in [0.2, 0.25) is 0 Å². The molecule has 2 N–H and O–H groups in total. The highest BCUT2D eigenvalue weighted by molar-refractivity contribution is 5.92. The van der Waals surface area contributed by atoms with Gasteiger partial charge in [0.25, 0.3) is 0 Å². The van der Waals surface area contributed by atoms with Crippen LogP contribution >= 0.6 is 0 Å². The van der Waals surface area contributed by atoms with E-state index < -0.39 is 0 Å². The van der Waals surface area contributed by atoms with Gasteiger partial charge in [0.1, 0.15) is 0 Å². The van der Waals surface area contributed by atoms with Crippen LogP contribution in [0.4, 0.5) is 17.1 Å². The number of hydrogen-bond donors (Lipinski definition) is 2. The zero-order valence-corrected chi connectivity index (χ0v) is 18.0. The van der Waals surface area contributed by atoms with Crippen LogP contribution in [-0.2, 0) is 4.74 Å². The second-order valence-electron chi connectivity index (χ2n) is 6.22. The Labute approximate surface area is 170 Å². The molecule has 0 saturated heterocycles. The van der Waals surface area contributed by atoms with Crippen LogP contribution in [0, 0.1) is 0 Å². The SMILES string of the molecule is CC.CC.COC(=O)c1ccc(NC2CCCCC2)c(Nc2ccccc2)c1. The first-order valence-electron chi connectivity index (χ1n) is 10.6.